The van der Waals surface area contributed by atoms with Crippen LogP contribution in [-0.2, 0) is 4.79 Å². The van der Waals surface area contributed by atoms with Crippen LogP contribution in [0.3, 0.4) is 0 Å². The van der Waals surface area contributed by atoms with Crippen LogP contribution in [0.1, 0.15) is 12.8 Å². The van der Waals surface area contributed by atoms with Crippen molar-refractivity contribution in [2.75, 3.05) is 19.6 Å². The normalized spacial score (nSPS) is 27.1. The minimum Gasteiger partial charge on any atom is -0.368 e. The highest BCUT2D eigenvalue weighted by Gasteiger charge is 2.22. The van der Waals surface area contributed by atoms with E-state index >= 15 is 0 Å². The van der Waals surface area contributed by atoms with E-state index in [0.717, 1.165) is 13.0 Å². The molecule has 4 N–H and O–H groups in total. The average molecular weight is 189 g/mol. The molecule has 0 spiro atoms. The summed E-state index contributed by atoms with van der Waals surface area (Å²) < 4.78 is 12.9. The zero-order chi connectivity index (χ0) is 9.84. The van der Waals surface area contributed by atoms with Crippen molar-refractivity contribution in [3.8, 4) is 0 Å². The van der Waals surface area contributed by atoms with Gasteiger partial charge in [0.2, 0.25) is 5.91 Å². The number of alkyl halides is 1. The zero-order valence-electron chi connectivity index (χ0n) is 7.58. The first-order valence-electron chi connectivity index (χ1n) is 4.51. The zero-order valence-corrected chi connectivity index (χ0v) is 7.58. The van der Waals surface area contributed by atoms with E-state index in [1.165, 1.54) is 0 Å². The van der Waals surface area contributed by atoms with Crippen molar-refractivity contribution in [2.45, 2.75) is 25.1 Å². The van der Waals surface area contributed by atoms with E-state index in [1.54, 1.807) is 0 Å². The summed E-state index contributed by atoms with van der Waals surface area (Å²) in [5.74, 6) is -0.527. The lowest BCUT2D eigenvalue weighted by molar-refractivity contribution is -0.119. The Morgan fingerprint density at radius 1 is 1.69 bits per heavy atom. The number of piperidine rings is 1. The molecule has 2 unspecified atom stereocenters. The molecule has 4 nitrogen and oxygen atoms in total. The summed E-state index contributed by atoms with van der Waals surface area (Å²) in [7, 11) is 0. The summed E-state index contributed by atoms with van der Waals surface area (Å²) in [6, 6.07) is -0.676. The molecule has 1 fully saturated rings. The van der Waals surface area contributed by atoms with Gasteiger partial charge in [-0.15, -0.1) is 0 Å². The van der Waals surface area contributed by atoms with Gasteiger partial charge in [0.05, 0.1) is 6.04 Å². The van der Waals surface area contributed by atoms with Crippen LogP contribution in [0, 0.1) is 0 Å². The van der Waals surface area contributed by atoms with Crippen LogP contribution >= 0.6 is 0 Å². The molecule has 0 saturated carbocycles. The minimum atomic E-state index is -0.783. The van der Waals surface area contributed by atoms with Gasteiger partial charge in [-0.05, 0) is 19.4 Å². The minimum absolute atomic E-state index is 0.371. The number of hydrogen-bond acceptors (Lipinski definition) is 3. The maximum Gasteiger partial charge on any atom is 0.235 e. The number of carbonyl (C=O) groups is 1. The first-order valence-corrected chi connectivity index (χ1v) is 4.51. The van der Waals surface area contributed by atoms with Crippen LogP contribution in [0.5, 0.6) is 0 Å². The van der Waals surface area contributed by atoms with E-state index in [2.05, 4.69) is 0 Å². The van der Waals surface area contributed by atoms with Gasteiger partial charge in [-0.1, -0.05) is 0 Å². The monoisotopic (exact) mass is 189 g/mol. The van der Waals surface area contributed by atoms with Gasteiger partial charge in [-0.3, -0.25) is 9.69 Å². The lowest BCUT2D eigenvalue weighted by Gasteiger charge is -2.29. The van der Waals surface area contributed by atoms with E-state index in [4.69, 9.17) is 11.5 Å². The van der Waals surface area contributed by atoms with Gasteiger partial charge in [-0.25, -0.2) is 4.39 Å². The number of hydrogen-bond donors (Lipinski definition) is 2. The summed E-state index contributed by atoms with van der Waals surface area (Å²) >= 11 is 0. The van der Waals surface area contributed by atoms with Gasteiger partial charge in [-0.2, -0.15) is 0 Å². The first-order chi connectivity index (χ1) is 6.09. The number of rotatable bonds is 3. The smallest absolute Gasteiger partial charge is 0.235 e. The molecule has 1 aliphatic rings. The lowest BCUT2D eigenvalue weighted by atomic mass is 10.1. The highest BCUT2D eigenvalue weighted by atomic mass is 19.1. The molecule has 0 aromatic carbocycles. The maximum atomic E-state index is 12.9. The predicted octanol–water partition coefficient (Wildman–Crippen LogP) is -0.767. The molecule has 0 aromatic rings. The standard InChI is InChI=1S/C8H16FN3O/c9-6-2-1-3-12(4-6)5-7(10)8(11)13/h6-7H,1-5,10H2,(H2,11,13). The number of primary amides is 1. The third-order valence-electron chi connectivity index (χ3n) is 2.27. The van der Waals surface area contributed by atoms with Crippen LogP contribution in [0.2, 0.25) is 0 Å². The quantitative estimate of drug-likeness (QED) is 0.612. The van der Waals surface area contributed by atoms with Gasteiger partial charge >= 0.3 is 0 Å². The molecule has 0 aliphatic carbocycles. The molecule has 0 radical (unpaired) electrons. The van der Waals surface area contributed by atoms with Crippen LogP contribution in [0.25, 0.3) is 0 Å². The fourth-order valence-electron chi connectivity index (χ4n) is 1.53. The van der Waals surface area contributed by atoms with Crippen molar-refractivity contribution in [1.82, 2.24) is 4.90 Å². The van der Waals surface area contributed by atoms with Crippen molar-refractivity contribution in [1.29, 1.82) is 0 Å². The molecule has 1 saturated heterocycles. The Bertz CT molecular complexity index is 188. The molecule has 76 valence electrons. The molecule has 1 rings (SSSR count). The number of nitrogens with two attached hydrogens (primary N) is 2. The number of likely N-dealkylation sites (tertiary alicyclic amines) is 1. The van der Waals surface area contributed by atoms with Gasteiger partial charge in [0.25, 0.3) is 0 Å². The second kappa shape index (κ2) is 4.53. The van der Waals surface area contributed by atoms with E-state index in [1.807, 2.05) is 4.90 Å². The van der Waals surface area contributed by atoms with Crippen molar-refractivity contribution in [3.05, 3.63) is 0 Å². The third-order valence-corrected chi connectivity index (χ3v) is 2.27. The molecular weight excluding hydrogens is 173 g/mol. The summed E-state index contributed by atoms with van der Waals surface area (Å²) in [5, 5.41) is 0. The van der Waals surface area contributed by atoms with E-state index in [-0.39, 0.29) is 0 Å². The largest absolute Gasteiger partial charge is 0.368 e. The van der Waals surface area contributed by atoms with Gasteiger partial charge in [0.15, 0.2) is 0 Å². The molecule has 5 heteroatoms. The summed E-state index contributed by atoms with van der Waals surface area (Å²) in [5.41, 5.74) is 10.5. The summed E-state index contributed by atoms with van der Waals surface area (Å²) in [6.45, 7) is 1.55. The van der Waals surface area contributed by atoms with Crippen molar-refractivity contribution >= 4 is 5.91 Å². The molecule has 0 aromatic heterocycles. The predicted molar refractivity (Wildman–Crippen MR) is 47.7 cm³/mol. The van der Waals surface area contributed by atoms with E-state index < -0.39 is 18.1 Å². The molecule has 1 aliphatic heterocycles. The highest BCUT2D eigenvalue weighted by Crippen LogP contribution is 2.12. The second-order valence-corrected chi connectivity index (χ2v) is 3.51. The maximum absolute atomic E-state index is 12.9. The third kappa shape index (κ3) is 3.28. The Labute approximate surface area is 77.1 Å². The first kappa shape index (κ1) is 10.4. The van der Waals surface area contributed by atoms with Gasteiger partial charge < -0.3 is 11.5 Å². The fraction of sp³-hybridized carbons (Fsp3) is 0.875. The summed E-state index contributed by atoms with van der Waals surface area (Å²) in [6.07, 6.45) is 0.656. The lowest BCUT2D eigenvalue weighted by Crippen LogP contribution is -2.49. The molecule has 0 bridgehead atoms. The van der Waals surface area contributed by atoms with Crippen LogP contribution in [-0.4, -0.2) is 42.7 Å². The van der Waals surface area contributed by atoms with Crippen molar-refractivity contribution in [3.63, 3.8) is 0 Å². The number of carbonyl (C=O) groups excluding carboxylic acids is 1. The van der Waals surface area contributed by atoms with Crippen molar-refractivity contribution in [2.24, 2.45) is 11.5 Å². The molecule has 1 heterocycles. The highest BCUT2D eigenvalue weighted by molar-refractivity contribution is 5.79. The van der Waals surface area contributed by atoms with E-state index in [9.17, 15) is 9.18 Å². The fourth-order valence-corrected chi connectivity index (χ4v) is 1.53. The van der Waals surface area contributed by atoms with Gasteiger partial charge in [0.1, 0.15) is 6.17 Å². The number of halogens is 1. The number of amides is 1. The van der Waals surface area contributed by atoms with Crippen LogP contribution < -0.4 is 11.5 Å². The Morgan fingerprint density at radius 3 is 2.92 bits per heavy atom. The van der Waals surface area contributed by atoms with E-state index in [0.29, 0.717) is 19.5 Å². The average Bonchev–Trinajstić information content (AvgIpc) is 2.04. The summed E-state index contributed by atoms with van der Waals surface area (Å²) in [4.78, 5) is 12.5. The Kier molecular flexibility index (Phi) is 3.62. The van der Waals surface area contributed by atoms with Crippen LogP contribution in [0.15, 0.2) is 0 Å². The Balaban J connectivity index is 2.31. The Hall–Kier alpha value is -0.680. The van der Waals surface area contributed by atoms with Crippen molar-refractivity contribution < 1.29 is 9.18 Å². The molecule has 13 heavy (non-hydrogen) atoms. The van der Waals surface area contributed by atoms with Gasteiger partial charge in [0, 0.05) is 13.1 Å². The SMILES string of the molecule is NC(=O)C(N)CN1CCCC(F)C1. The molecule has 1 amide bonds. The molecule has 2 atom stereocenters. The second-order valence-electron chi connectivity index (χ2n) is 3.51. The van der Waals surface area contributed by atoms with Crippen LogP contribution in [0.4, 0.5) is 4.39 Å². The number of nitrogens with zero attached hydrogens (tertiary/aromatic N) is 1. The Morgan fingerprint density at radius 2 is 2.38 bits per heavy atom. The topological polar surface area (TPSA) is 72.3 Å². The molecular formula is C8H16FN3O.